The number of nitrogens with zero attached hydrogens (tertiary/aromatic N) is 4. The first-order chi connectivity index (χ1) is 15.5. The van der Waals surface area contributed by atoms with Gasteiger partial charge in [-0.2, -0.15) is 0 Å². The minimum absolute atomic E-state index is 0.0165. The smallest absolute Gasteiger partial charge is 0.249 e. The van der Waals surface area contributed by atoms with E-state index in [1.807, 2.05) is 6.20 Å². The molecule has 2 aliphatic rings. The minimum Gasteiger partial charge on any atom is -0.284 e. The van der Waals surface area contributed by atoms with Crippen LogP contribution in [0.1, 0.15) is 55.1 Å². The van der Waals surface area contributed by atoms with Crippen LogP contribution in [0.5, 0.6) is 0 Å². The van der Waals surface area contributed by atoms with Gasteiger partial charge in [0.15, 0.2) is 11.5 Å². The molecule has 3 aromatic rings. The lowest BCUT2D eigenvalue weighted by atomic mass is 9.79. The zero-order valence-corrected chi connectivity index (χ0v) is 18.0. The summed E-state index contributed by atoms with van der Waals surface area (Å²) in [6, 6.07) is 7.67. The lowest BCUT2D eigenvalue weighted by Crippen LogP contribution is -2.36. The monoisotopic (exact) mass is 440 g/mol. The van der Waals surface area contributed by atoms with Crippen molar-refractivity contribution in [1.82, 2.24) is 19.7 Å². The Morgan fingerprint density at radius 3 is 2.59 bits per heavy atom. The van der Waals surface area contributed by atoms with E-state index in [0.717, 1.165) is 43.2 Å². The van der Waals surface area contributed by atoms with Gasteiger partial charge in [0.05, 0.1) is 12.6 Å². The third-order valence-electron chi connectivity index (χ3n) is 6.78. The highest BCUT2D eigenvalue weighted by molar-refractivity contribution is 5.78. The molecule has 1 saturated carbocycles. The van der Waals surface area contributed by atoms with E-state index in [9.17, 15) is 13.6 Å². The van der Waals surface area contributed by atoms with Gasteiger partial charge >= 0.3 is 0 Å². The van der Waals surface area contributed by atoms with Gasteiger partial charge in [-0.1, -0.05) is 12.1 Å². The Morgan fingerprint density at radius 2 is 1.84 bits per heavy atom. The van der Waals surface area contributed by atoms with E-state index in [1.54, 1.807) is 29.5 Å². The number of pyridine rings is 1. The number of fused-ring (bicyclic) bond motifs is 1. The van der Waals surface area contributed by atoms with E-state index < -0.39 is 0 Å². The van der Waals surface area contributed by atoms with E-state index in [0.29, 0.717) is 24.8 Å². The second kappa shape index (κ2) is 8.58. The molecule has 1 saturated heterocycles. The molecule has 168 valence electrons. The molecule has 0 N–H and O–H groups in total. The van der Waals surface area contributed by atoms with Crippen molar-refractivity contribution < 1.29 is 18.4 Å². The van der Waals surface area contributed by atoms with Gasteiger partial charge in [0.2, 0.25) is 5.91 Å². The van der Waals surface area contributed by atoms with Crippen LogP contribution in [-0.4, -0.2) is 32.2 Å². The highest BCUT2D eigenvalue weighted by Gasteiger charge is 2.37. The van der Waals surface area contributed by atoms with Gasteiger partial charge < -0.3 is 0 Å². The fourth-order valence-electron chi connectivity index (χ4n) is 5.03. The fraction of sp³-hybridized carbons (Fsp3) is 0.458. The van der Waals surface area contributed by atoms with Crippen LogP contribution >= 0.6 is 0 Å². The third-order valence-corrected chi connectivity index (χ3v) is 6.78. The SMILES string of the molecule is Cc1nnc2c(F)cc(C[C@H]3CC[C@H](C(=O)N4OCC[C@H]4c4ccc(F)cc4)CC3)cn12. The molecule has 8 heteroatoms. The second-order valence-corrected chi connectivity index (χ2v) is 8.91. The van der Waals surface area contributed by atoms with Crippen LogP contribution in [0.4, 0.5) is 8.78 Å². The average Bonchev–Trinajstić information content (AvgIpc) is 3.42. The summed E-state index contributed by atoms with van der Waals surface area (Å²) < 4.78 is 29.3. The molecule has 32 heavy (non-hydrogen) atoms. The molecular formula is C24H26F2N4O2. The number of rotatable bonds is 4. The van der Waals surface area contributed by atoms with Crippen molar-refractivity contribution in [2.45, 2.75) is 51.5 Å². The molecule has 0 radical (unpaired) electrons. The van der Waals surface area contributed by atoms with Crippen LogP contribution in [0.3, 0.4) is 0 Å². The molecule has 0 bridgehead atoms. The molecule has 1 aromatic carbocycles. The summed E-state index contributed by atoms with van der Waals surface area (Å²) in [7, 11) is 0. The topological polar surface area (TPSA) is 59.7 Å². The number of carbonyl (C=O) groups is 1. The summed E-state index contributed by atoms with van der Waals surface area (Å²) in [6.07, 6.45) is 6.79. The maximum Gasteiger partial charge on any atom is 0.249 e. The first-order valence-electron chi connectivity index (χ1n) is 11.2. The molecule has 3 heterocycles. The highest BCUT2D eigenvalue weighted by Crippen LogP contribution is 2.37. The first-order valence-corrected chi connectivity index (χ1v) is 11.2. The molecule has 2 aromatic heterocycles. The number of carbonyl (C=O) groups excluding carboxylic acids is 1. The standard InChI is InChI=1S/C24H26F2N4O2/c1-15-27-28-23-21(26)13-17(14-29(15)23)12-16-2-4-19(5-3-16)24(31)30-22(10-11-32-30)18-6-8-20(25)9-7-18/h6-9,13-14,16,19,22H,2-5,10-12H2,1H3/t16-,19-,22-/m0/s1. The maximum absolute atomic E-state index is 14.3. The van der Waals surface area contributed by atoms with Crippen LogP contribution < -0.4 is 0 Å². The molecule has 0 unspecified atom stereocenters. The van der Waals surface area contributed by atoms with E-state index >= 15 is 0 Å². The normalized spacial score (nSPS) is 23.7. The maximum atomic E-state index is 14.3. The summed E-state index contributed by atoms with van der Waals surface area (Å²) in [4.78, 5) is 18.9. The zero-order valence-electron chi connectivity index (χ0n) is 18.0. The van der Waals surface area contributed by atoms with Crippen LogP contribution in [0.15, 0.2) is 36.5 Å². The van der Waals surface area contributed by atoms with Crippen molar-refractivity contribution in [3.8, 4) is 0 Å². The van der Waals surface area contributed by atoms with Crippen LogP contribution in [0, 0.1) is 30.4 Å². The number of benzene rings is 1. The van der Waals surface area contributed by atoms with Crippen molar-refractivity contribution >= 4 is 11.6 Å². The van der Waals surface area contributed by atoms with Crippen LogP contribution in [0.25, 0.3) is 5.65 Å². The number of amides is 1. The van der Waals surface area contributed by atoms with Gasteiger partial charge in [-0.15, -0.1) is 10.2 Å². The van der Waals surface area contributed by atoms with E-state index in [2.05, 4.69) is 10.2 Å². The first kappa shape index (κ1) is 21.0. The van der Waals surface area contributed by atoms with Gasteiger partial charge in [0.25, 0.3) is 0 Å². The second-order valence-electron chi connectivity index (χ2n) is 8.91. The van der Waals surface area contributed by atoms with Crippen molar-refractivity contribution in [3.05, 3.63) is 65.1 Å². The van der Waals surface area contributed by atoms with Crippen LogP contribution in [-0.2, 0) is 16.1 Å². The molecular weight excluding hydrogens is 414 g/mol. The van der Waals surface area contributed by atoms with Crippen molar-refractivity contribution in [2.24, 2.45) is 11.8 Å². The largest absolute Gasteiger partial charge is 0.284 e. The summed E-state index contributed by atoms with van der Waals surface area (Å²) in [6.45, 7) is 2.29. The molecule has 1 aliphatic heterocycles. The predicted octanol–water partition coefficient (Wildman–Crippen LogP) is 4.57. The highest BCUT2D eigenvalue weighted by atomic mass is 19.1. The minimum atomic E-state index is -0.356. The van der Waals surface area contributed by atoms with Gasteiger partial charge in [-0.25, -0.2) is 13.8 Å². The van der Waals surface area contributed by atoms with Gasteiger partial charge in [-0.05, 0) is 74.3 Å². The quantitative estimate of drug-likeness (QED) is 0.596. The van der Waals surface area contributed by atoms with Gasteiger partial charge in [0, 0.05) is 18.5 Å². The van der Waals surface area contributed by atoms with Crippen molar-refractivity contribution in [2.75, 3.05) is 6.61 Å². The van der Waals surface area contributed by atoms with E-state index in [1.165, 1.54) is 17.2 Å². The van der Waals surface area contributed by atoms with E-state index in [-0.39, 0.29) is 35.1 Å². The molecule has 6 nitrogen and oxygen atoms in total. The number of hydroxylamine groups is 2. The number of aryl methyl sites for hydroxylation is 1. The van der Waals surface area contributed by atoms with Crippen molar-refractivity contribution in [1.29, 1.82) is 0 Å². The summed E-state index contributed by atoms with van der Waals surface area (Å²) in [5.74, 6) is 0.359. The fourth-order valence-corrected chi connectivity index (χ4v) is 5.03. The van der Waals surface area contributed by atoms with Crippen LogP contribution in [0.2, 0.25) is 0 Å². The Labute approximate surface area is 185 Å². The van der Waals surface area contributed by atoms with Gasteiger partial charge in [-0.3, -0.25) is 14.0 Å². The lowest BCUT2D eigenvalue weighted by Gasteiger charge is -2.32. The number of halogens is 2. The number of hydrogen-bond donors (Lipinski definition) is 0. The Balaban J connectivity index is 1.21. The number of hydrogen-bond acceptors (Lipinski definition) is 4. The molecule has 2 fully saturated rings. The molecule has 1 atom stereocenters. The Hall–Kier alpha value is -2.87. The van der Waals surface area contributed by atoms with E-state index in [4.69, 9.17) is 4.84 Å². The number of aromatic nitrogens is 3. The zero-order chi connectivity index (χ0) is 22.2. The Morgan fingerprint density at radius 1 is 1.09 bits per heavy atom. The molecule has 5 rings (SSSR count). The van der Waals surface area contributed by atoms with Crippen molar-refractivity contribution in [3.63, 3.8) is 0 Å². The Kier molecular flexibility index (Phi) is 5.63. The lowest BCUT2D eigenvalue weighted by molar-refractivity contribution is -0.183. The van der Waals surface area contributed by atoms with Gasteiger partial charge in [0.1, 0.15) is 11.6 Å². The Bertz CT molecular complexity index is 1120. The third kappa shape index (κ3) is 3.99. The molecule has 1 amide bonds. The summed E-state index contributed by atoms with van der Waals surface area (Å²) >= 11 is 0. The average molecular weight is 440 g/mol. The summed E-state index contributed by atoms with van der Waals surface area (Å²) in [5, 5.41) is 9.32. The molecule has 1 aliphatic carbocycles. The molecule has 0 spiro atoms. The summed E-state index contributed by atoms with van der Waals surface area (Å²) in [5.41, 5.74) is 2.07. The predicted molar refractivity (Wildman–Crippen MR) is 113 cm³/mol.